The summed E-state index contributed by atoms with van der Waals surface area (Å²) in [6.07, 6.45) is -2.07. The second-order valence-corrected chi connectivity index (χ2v) is 15.1. The maximum absolute atomic E-state index is 16.6. The summed E-state index contributed by atoms with van der Waals surface area (Å²) in [7, 11) is 0. The number of hydrogen-bond donors (Lipinski definition) is 8. The third-order valence-corrected chi connectivity index (χ3v) is 10.9. The number of phenols is 2. The monoisotopic (exact) mass is 856 g/mol. The summed E-state index contributed by atoms with van der Waals surface area (Å²) in [5, 5.41) is 64.1. The summed E-state index contributed by atoms with van der Waals surface area (Å²) >= 11 is 0. The molecule has 1 unspecified atom stereocenters. The van der Waals surface area contributed by atoms with Crippen LogP contribution in [0.2, 0.25) is 0 Å². The maximum atomic E-state index is 16.6. The quantitative estimate of drug-likeness (QED) is 0.0545. The molecule has 0 aliphatic carbocycles. The molecule has 4 aromatic carbocycles. The minimum Gasteiger partial charge on any atom is -0.508 e. The number of fused-ring (bicyclic) bond motifs is 8. The van der Waals surface area contributed by atoms with Crippen LogP contribution in [-0.4, -0.2) is 69.9 Å². The Bertz CT molecular complexity index is 3150. The van der Waals surface area contributed by atoms with Gasteiger partial charge in [0.05, 0.1) is 34.9 Å². The number of aromatic nitrogens is 4. The van der Waals surface area contributed by atoms with Gasteiger partial charge in [-0.1, -0.05) is 54.1 Å². The molecule has 0 radical (unpaired) electrons. The zero-order valence-corrected chi connectivity index (χ0v) is 33.0. The number of aryl methyl sites for hydroxylation is 1. The summed E-state index contributed by atoms with van der Waals surface area (Å²) in [5.41, 5.74) is 2.53. The fraction of sp³-hybridized carbons (Fsp3) is 0.125. The van der Waals surface area contributed by atoms with Crippen LogP contribution in [0, 0.1) is 30.2 Å². The van der Waals surface area contributed by atoms with Gasteiger partial charge in [-0.2, -0.15) is 8.78 Å². The van der Waals surface area contributed by atoms with E-state index in [4.69, 9.17) is 9.72 Å². The van der Waals surface area contributed by atoms with Crippen molar-refractivity contribution in [2.45, 2.75) is 25.2 Å². The molecule has 0 amide bonds. The first-order valence-corrected chi connectivity index (χ1v) is 19.6. The number of rotatable bonds is 8. The number of H-pyrrole nitrogens is 2. The molecule has 2 aliphatic heterocycles. The first-order chi connectivity index (χ1) is 30.3. The Labute approximate surface area is 355 Å². The van der Waals surface area contributed by atoms with E-state index < -0.39 is 77.4 Å². The number of nitrogens with one attached hydrogen (secondary N) is 2. The molecular formula is C48H36F4N4O7. The predicted molar refractivity (Wildman–Crippen MR) is 228 cm³/mol. The Morgan fingerprint density at radius 1 is 0.587 bits per heavy atom. The Kier molecular flexibility index (Phi) is 10.6. The van der Waals surface area contributed by atoms with E-state index in [0.717, 1.165) is 5.56 Å². The highest BCUT2D eigenvalue weighted by Crippen LogP contribution is 2.47. The molecule has 0 spiro atoms. The van der Waals surface area contributed by atoms with Crippen molar-refractivity contribution < 1.29 is 52.9 Å². The number of benzene rings is 4. The van der Waals surface area contributed by atoms with E-state index in [1.54, 1.807) is 72.8 Å². The number of aromatic hydroxyl groups is 2. The topological polar surface area (TPSA) is 188 Å². The van der Waals surface area contributed by atoms with E-state index in [9.17, 15) is 30.6 Å². The van der Waals surface area contributed by atoms with Crippen molar-refractivity contribution in [3.63, 3.8) is 0 Å². The normalized spacial score (nSPS) is 15.2. The molecule has 8 N–H and O–H groups in total. The molecule has 5 heterocycles. The van der Waals surface area contributed by atoms with Crippen LogP contribution in [0.15, 0.2) is 97.1 Å². The summed E-state index contributed by atoms with van der Waals surface area (Å²) in [4.78, 5) is 16.2. The van der Waals surface area contributed by atoms with E-state index in [-0.39, 0.29) is 33.8 Å². The van der Waals surface area contributed by atoms with Gasteiger partial charge >= 0.3 is 0 Å². The molecule has 3 aromatic heterocycles. The van der Waals surface area contributed by atoms with Crippen LogP contribution in [0.4, 0.5) is 17.6 Å². The lowest BCUT2D eigenvalue weighted by molar-refractivity contribution is 0.0259. The maximum Gasteiger partial charge on any atom is 0.204 e. The van der Waals surface area contributed by atoms with Crippen LogP contribution in [0.1, 0.15) is 40.5 Å². The Morgan fingerprint density at radius 2 is 1.05 bits per heavy atom. The SMILES string of the molecule is Cc1cccc(-c2c3nc(c(-c4c(F)c(F)c(OCC(O)CO)c(F)c4F)c4ccc([nH]4)c(-c4cccc(O)c4)c4nc(c(-c5cccc(O)c5)c5ccc2[nH]5)C=C4)[C@@H](O)[C@@H]3O)c1. The van der Waals surface area contributed by atoms with Gasteiger partial charge < -0.3 is 45.3 Å². The van der Waals surface area contributed by atoms with E-state index in [2.05, 4.69) is 15.0 Å². The summed E-state index contributed by atoms with van der Waals surface area (Å²) in [6, 6.07) is 26.2. The Balaban J connectivity index is 1.49. The molecule has 7 aromatic rings. The Hall–Kier alpha value is -7.30. The molecule has 63 heavy (non-hydrogen) atoms. The molecule has 8 bridgehead atoms. The summed E-state index contributed by atoms with van der Waals surface area (Å²) in [6.45, 7) is 0.0593. The van der Waals surface area contributed by atoms with Crippen molar-refractivity contribution in [1.29, 1.82) is 0 Å². The van der Waals surface area contributed by atoms with Gasteiger partial charge in [0.2, 0.25) is 11.6 Å². The van der Waals surface area contributed by atoms with E-state index in [1.165, 1.54) is 30.3 Å². The second-order valence-electron chi connectivity index (χ2n) is 15.1. The lowest BCUT2D eigenvalue weighted by atomic mass is 9.96. The van der Waals surface area contributed by atoms with Crippen molar-refractivity contribution >= 4 is 34.2 Å². The molecule has 3 atom stereocenters. The highest BCUT2D eigenvalue weighted by Gasteiger charge is 2.38. The average molecular weight is 857 g/mol. The predicted octanol–water partition coefficient (Wildman–Crippen LogP) is 8.93. The molecule has 0 fully saturated rings. The summed E-state index contributed by atoms with van der Waals surface area (Å²) in [5.74, 6) is -9.48. The van der Waals surface area contributed by atoms with Gasteiger partial charge in [0.25, 0.3) is 0 Å². The molecule has 9 rings (SSSR count). The van der Waals surface area contributed by atoms with E-state index in [0.29, 0.717) is 50.2 Å². The van der Waals surface area contributed by atoms with Crippen molar-refractivity contribution in [2.75, 3.05) is 13.2 Å². The lowest BCUT2D eigenvalue weighted by Crippen LogP contribution is -2.22. The van der Waals surface area contributed by atoms with Gasteiger partial charge in [0.1, 0.15) is 36.4 Å². The van der Waals surface area contributed by atoms with Crippen molar-refractivity contribution in [2.24, 2.45) is 0 Å². The largest absolute Gasteiger partial charge is 0.508 e. The molecule has 0 saturated heterocycles. The van der Waals surface area contributed by atoms with Crippen LogP contribution in [0.25, 0.3) is 78.7 Å². The third kappa shape index (κ3) is 7.26. The number of aliphatic hydroxyl groups excluding tert-OH is 4. The fourth-order valence-electron chi connectivity index (χ4n) is 8.02. The third-order valence-electron chi connectivity index (χ3n) is 10.9. The number of halogens is 4. The van der Waals surface area contributed by atoms with Gasteiger partial charge in [0, 0.05) is 44.3 Å². The van der Waals surface area contributed by atoms with Crippen LogP contribution in [0.5, 0.6) is 17.2 Å². The summed E-state index contributed by atoms with van der Waals surface area (Å²) < 4.78 is 69.9. The number of aliphatic hydroxyl groups is 4. The number of ether oxygens (including phenoxy) is 1. The minimum atomic E-state index is -2.03. The van der Waals surface area contributed by atoms with E-state index >= 15 is 17.6 Å². The van der Waals surface area contributed by atoms with Gasteiger partial charge in [0.15, 0.2) is 17.4 Å². The minimum absolute atomic E-state index is 0.00789. The number of phenolic OH excluding ortho intramolecular Hbond substituents is 2. The molecule has 15 heteroatoms. The first-order valence-electron chi connectivity index (χ1n) is 19.6. The molecule has 11 nitrogen and oxygen atoms in total. The highest BCUT2D eigenvalue weighted by atomic mass is 19.2. The second kappa shape index (κ2) is 16.2. The van der Waals surface area contributed by atoms with Crippen LogP contribution in [0.3, 0.4) is 0 Å². The van der Waals surface area contributed by atoms with Gasteiger partial charge in [-0.3, -0.25) is 4.98 Å². The fourth-order valence-corrected chi connectivity index (χ4v) is 8.02. The number of aromatic amines is 2. The smallest absolute Gasteiger partial charge is 0.204 e. The zero-order chi connectivity index (χ0) is 44.3. The average Bonchev–Trinajstić information content (AvgIpc) is 4.10. The lowest BCUT2D eigenvalue weighted by Gasteiger charge is -2.16. The first kappa shape index (κ1) is 41.1. The zero-order valence-electron chi connectivity index (χ0n) is 33.0. The molecular weight excluding hydrogens is 821 g/mol. The van der Waals surface area contributed by atoms with Crippen LogP contribution >= 0.6 is 0 Å². The van der Waals surface area contributed by atoms with Gasteiger partial charge in [-0.15, -0.1) is 0 Å². The van der Waals surface area contributed by atoms with Crippen molar-refractivity contribution in [1.82, 2.24) is 19.9 Å². The van der Waals surface area contributed by atoms with Crippen LogP contribution < -0.4 is 4.74 Å². The Morgan fingerprint density at radius 3 is 1.54 bits per heavy atom. The molecule has 0 saturated carbocycles. The van der Waals surface area contributed by atoms with Crippen molar-refractivity contribution in [3.8, 4) is 61.8 Å². The number of hydrogen-bond acceptors (Lipinski definition) is 9. The van der Waals surface area contributed by atoms with E-state index in [1.807, 2.05) is 13.0 Å². The van der Waals surface area contributed by atoms with Gasteiger partial charge in [-0.05, 0) is 84.3 Å². The number of nitrogens with zero attached hydrogens (tertiary/aromatic N) is 2. The van der Waals surface area contributed by atoms with Crippen LogP contribution in [-0.2, 0) is 0 Å². The van der Waals surface area contributed by atoms with Crippen molar-refractivity contribution in [3.05, 3.63) is 149 Å². The van der Waals surface area contributed by atoms with Gasteiger partial charge in [-0.25, -0.2) is 13.8 Å². The standard InChI is InChI=1S/C48H36F4N4O7/c1-22-5-2-6-23(17-22)37-33-15-13-31(54-33)35(24-7-3-9-26(58)18-24)29-11-12-30(53-29)36(25-8-4-10-27(59)19-25)32-14-16-34(55-32)38(45-47(62)46(61)44(37)56-45)39-40(49)42(51)48(43(52)41(39)50)63-21-28(60)20-57/h2-19,28,46-47,54-55,57-62H,20-21H2,1H3/t28?,46-,47-/m1/s1. The molecule has 318 valence electrons. The molecule has 2 aliphatic rings. The highest BCUT2D eigenvalue weighted by molar-refractivity contribution is 5.97.